The maximum Gasteiger partial charge on any atom is 0.226 e. The van der Waals surface area contributed by atoms with Gasteiger partial charge in [-0.25, -0.2) is 4.39 Å². The molecule has 3 N–H and O–H groups in total. The molecule has 0 saturated heterocycles. The lowest BCUT2D eigenvalue weighted by Crippen LogP contribution is -2.27. The van der Waals surface area contributed by atoms with E-state index in [1.807, 2.05) is 6.92 Å². The molecule has 0 radical (unpaired) electrons. The summed E-state index contributed by atoms with van der Waals surface area (Å²) < 4.78 is 13.5. The summed E-state index contributed by atoms with van der Waals surface area (Å²) in [6, 6.07) is 4.27. The molecule has 5 heteroatoms. The number of amides is 1. The summed E-state index contributed by atoms with van der Waals surface area (Å²) in [7, 11) is 0. The second-order valence-corrected chi connectivity index (χ2v) is 4.31. The van der Waals surface area contributed by atoms with Crippen molar-refractivity contribution in [3.8, 4) is 0 Å². The fourth-order valence-corrected chi connectivity index (χ4v) is 1.69. The van der Waals surface area contributed by atoms with Gasteiger partial charge in [-0.05, 0) is 18.6 Å². The third kappa shape index (κ3) is 4.32. The standard InChI is InChI=1S/C12H16ClFN2O/c1-2-4-8(15)7-11(17)16-10-6-3-5-9(13)12(10)14/h3,5-6,8H,2,4,7,15H2,1H3,(H,16,17). The maximum atomic E-state index is 13.5. The van der Waals surface area contributed by atoms with Crippen molar-refractivity contribution < 1.29 is 9.18 Å². The Hall–Kier alpha value is -1.13. The Morgan fingerprint density at radius 1 is 1.59 bits per heavy atom. The van der Waals surface area contributed by atoms with Crippen molar-refractivity contribution >= 4 is 23.2 Å². The second-order valence-electron chi connectivity index (χ2n) is 3.90. The number of carbonyl (C=O) groups is 1. The molecule has 0 bridgehead atoms. The fraction of sp³-hybridized carbons (Fsp3) is 0.417. The van der Waals surface area contributed by atoms with Crippen LogP contribution in [0.25, 0.3) is 0 Å². The molecule has 1 unspecified atom stereocenters. The smallest absolute Gasteiger partial charge is 0.226 e. The van der Waals surface area contributed by atoms with Crippen LogP contribution in [0.1, 0.15) is 26.2 Å². The summed E-state index contributed by atoms with van der Waals surface area (Å²) in [5.74, 6) is -0.918. The lowest BCUT2D eigenvalue weighted by molar-refractivity contribution is -0.116. The Kier molecular flexibility index (Phi) is 5.38. The average Bonchev–Trinajstić information content (AvgIpc) is 2.25. The first-order valence-electron chi connectivity index (χ1n) is 5.54. The highest BCUT2D eigenvalue weighted by Crippen LogP contribution is 2.22. The topological polar surface area (TPSA) is 55.1 Å². The number of hydrogen-bond donors (Lipinski definition) is 2. The number of nitrogens with one attached hydrogen (secondary N) is 1. The van der Waals surface area contributed by atoms with Gasteiger partial charge in [0.1, 0.15) is 0 Å². The minimum atomic E-state index is -0.619. The number of nitrogens with two attached hydrogens (primary N) is 1. The minimum Gasteiger partial charge on any atom is -0.327 e. The first-order chi connectivity index (χ1) is 8.04. The molecule has 0 aliphatic carbocycles. The highest BCUT2D eigenvalue weighted by Gasteiger charge is 2.12. The summed E-state index contributed by atoms with van der Waals surface area (Å²) in [4.78, 5) is 11.6. The van der Waals surface area contributed by atoms with Crippen LogP contribution in [0.4, 0.5) is 10.1 Å². The van der Waals surface area contributed by atoms with Gasteiger partial charge in [0.05, 0.1) is 10.7 Å². The first-order valence-corrected chi connectivity index (χ1v) is 5.91. The molecule has 0 spiro atoms. The molecule has 17 heavy (non-hydrogen) atoms. The van der Waals surface area contributed by atoms with Crippen LogP contribution in [-0.2, 0) is 4.79 Å². The minimum absolute atomic E-state index is 0.0133. The van der Waals surface area contributed by atoms with Gasteiger partial charge < -0.3 is 11.1 Å². The van der Waals surface area contributed by atoms with E-state index in [0.717, 1.165) is 12.8 Å². The Bertz CT molecular complexity index is 398. The summed E-state index contributed by atoms with van der Waals surface area (Å²) in [6.07, 6.45) is 1.87. The predicted octanol–water partition coefficient (Wildman–Crippen LogP) is 2.94. The van der Waals surface area contributed by atoms with Gasteiger partial charge in [0.25, 0.3) is 0 Å². The summed E-state index contributed by atoms with van der Waals surface area (Å²) in [5.41, 5.74) is 5.82. The quantitative estimate of drug-likeness (QED) is 0.853. The van der Waals surface area contributed by atoms with E-state index in [2.05, 4.69) is 5.32 Å². The molecule has 1 rings (SSSR count). The molecule has 0 heterocycles. The van der Waals surface area contributed by atoms with Crippen LogP contribution in [0.15, 0.2) is 18.2 Å². The third-order valence-corrected chi connectivity index (χ3v) is 2.62. The Morgan fingerprint density at radius 3 is 2.94 bits per heavy atom. The van der Waals surface area contributed by atoms with Crippen molar-refractivity contribution in [2.45, 2.75) is 32.2 Å². The average molecular weight is 259 g/mol. The van der Waals surface area contributed by atoms with Gasteiger partial charge in [-0.1, -0.05) is 31.0 Å². The molecule has 1 aromatic rings. The molecule has 0 aromatic heterocycles. The van der Waals surface area contributed by atoms with Crippen LogP contribution in [0.3, 0.4) is 0 Å². The maximum absolute atomic E-state index is 13.5. The SMILES string of the molecule is CCCC(N)CC(=O)Nc1cccc(Cl)c1F. The van der Waals surface area contributed by atoms with E-state index in [0.29, 0.717) is 0 Å². The van der Waals surface area contributed by atoms with Gasteiger partial charge in [0, 0.05) is 12.5 Å². The van der Waals surface area contributed by atoms with Crippen LogP contribution < -0.4 is 11.1 Å². The number of halogens is 2. The molecule has 0 aliphatic rings. The highest BCUT2D eigenvalue weighted by atomic mass is 35.5. The van der Waals surface area contributed by atoms with Crippen molar-refractivity contribution in [1.82, 2.24) is 0 Å². The van der Waals surface area contributed by atoms with Crippen molar-refractivity contribution in [2.75, 3.05) is 5.32 Å². The monoisotopic (exact) mass is 258 g/mol. The molecule has 0 fully saturated rings. The molecule has 1 atom stereocenters. The first kappa shape index (κ1) is 13.9. The van der Waals surface area contributed by atoms with E-state index < -0.39 is 5.82 Å². The zero-order valence-corrected chi connectivity index (χ0v) is 10.4. The fourth-order valence-electron chi connectivity index (χ4n) is 1.51. The molecule has 0 saturated carbocycles. The van der Waals surface area contributed by atoms with Crippen LogP contribution >= 0.6 is 11.6 Å². The predicted molar refractivity (Wildman–Crippen MR) is 67.5 cm³/mol. The second kappa shape index (κ2) is 6.57. The van der Waals surface area contributed by atoms with E-state index in [9.17, 15) is 9.18 Å². The zero-order valence-electron chi connectivity index (χ0n) is 9.67. The van der Waals surface area contributed by atoms with Crippen molar-refractivity contribution in [1.29, 1.82) is 0 Å². The Morgan fingerprint density at radius 2 is 2.29 bits per heavy atom. The number of hydrogen-bond acceptors (Lipinski definition) is 2. The molecule has 1 amide bonds. The number of rotatable bonds is 5. The van der Waals surface area contributed by atoms with E-state index in [-0.39, 0.29) is 29.1 Å². The molecule has 3 nitrogen and oxygen atoms in total. The van der Waals surface area contributed by atoms with Crippen LogP contribution in [0.2, 0.25) is 5.02 Å². The van der Waals surface area contributed by atoms with Gasteiger partial charge in [-0.15, -0.1) is 0 Å². The molecule has 1 aromatic carbocycles. The third-order valence-electron chi connectivity index (χ3n) is 2.33. The van der Waals surface area contributed by atoms with Crippen LogP contribution in [-0.4, -0.2) is 11.9 Å². The van der Waals surface area contributed by atoms with E-state index in [1.54, 1.807) is 6.07 Å². The highest BCUT2D eigenvalue weighted by molar-refractivity contribution is 6.31. The summed E-state index contributed by atoms with van der Waals surface area (Å²) in [6.45, 7) is 1.99. The summed E-state index contributed by atoms with van der Waals surface area (Å²) >= 11 is 5.60. The van der Waals surface area contributed by atoms with Crippen LogP contribution in [0, 0.1) is 5.82 Å². The van der Waals surface area contributed by atoms with Gasteiger partial charge in [0.15, 0.2) is 5.82 Å². The largest absolute Gasteiger partial charge is 0.327 e. The van der Waals surface area contributed by atoms with Crippen molar-refractivity contribution in [3.05, 3.63) is 29.0 Å². The molecule has 94 valence electrons. The van der Waals surface area contributed by atoms with Crippen molar-refractivity contribution in [3.63, 3.8) is 0 Å². The van der Waals surface area contributed by atoms with E-state index in [4.69, 9.17) is 17.3 Å². The van der Waals surface area contributed by atoms with Gasteiger partial charge >= 0.3 is 0 Å². The number of benzene rings is 1. The summed E-state index contributed by atoms with van der Waals surface area (Å²) in [5, 5.41) is 2.45. The van der Waals surface area contributed by atoms with E-state index >= 15 is 0 Å². The molecular weight excluding hydrogens is 243 g/mol. The van der Waals surface area contributed by atoms with Crippen LogP contribution in [0.5, 0.6) is 0 Å². The zero-order chi connectivity index (χ0) is 12.8. The Labute approximate surface area is 105 Å². The van der Waals surface area contributed by atoms with Gasteiger partial charge in [-0.3, -0.25) is 4.79 Å². The number of carbonyl (C=O) groups excluding carboxylic acids is 1. The van der Waals surface area contributed by atoms with Gasteiger partial charge in [0.2, 0.25) is 5.91 Å². The number of anilines is 1. The Balaban J connectivity index is 2.59. The normalized spacial score (nSPS) is 12.2. The molecular formula is C12H16ClFN2O. The van der Waals surface area contributed by atoms with Gasteiger partial charge in [-0.2, -0.15) is 0 Å². The van der Waals surface area contributed by atoms with E-state index in [1.165, 1.54) is 12.1 Å². The molecule has 0 aliphatic heterocycles. The van der Waals surface area contributed by atoms with Crippen molar-refractivity contribution in [2.24, 2.45) is 5.73 Å². The lowest BCUT2D eigenvalue weighted by Gasteiger charge is -2.11. The lowest BCUT2D eigenvalue weighted by atomic mass is 10.1.